The van der Waals surface area contributed by atoms with Gasteiger partial charge in [0.1, 0.15) is 0 Å². The predicted molar refractivity (Wildman–Crippen MR) is 115 cm³/mol. The van der Waals surface area contributed by atoms with Crippen LogP contribution in [0.3, 0.4) is 0 Å². The van der Waals surface area contributed by atoms with Crippen molar-refractivity contribution in [2.45, 2.75) is 33.2 Å². The summed E-state index contributed by atoms with van der Waals surface area (Å²) < 4.78 is 10.6. The Labute approximate surface area is 180 Å². The zero-order chi connectivity index (χ0) is 22.0. The lowest BCUT2D eigenvalue weighted by Gasteiger charge is -2.31. The third-order valence-electron chi connectivity index (χ3n) is 5.32. The van der Waals surface area contributed by atoms with Crippen LogP contribution in [0.2, 0.25) is 0 Å². The minimum atomic E-state index is -0.766. The van der Waals surface area contributed by atoms with Crippen molar-refractivity contribution in [3.8, 4) is 11.5 Å². The van der Waals surface area contributed by atoms with E-state index in [1.54, 1.807) is 35.2 Å². The van der Waals surface area contributed by atoms with Crippen LogP contribution in [0.5, 0.6) is 11.5 Å². The van der Waals surface area contributed by atoms with E-state index in [0.29, 0.717) is 23.7 Å². The largest absolute Gasteiger partial charge is 0.454 e. The maximum Gasteiger partial charge on any atom is 0.313 e. The molecule has 4 rings (SSSR count). The second-order valence-electron chi connectivity index (χ2n) is 7.92. The van der Waals surface area contributed by atoms with Gasteiger partial charge in [-0.3, -0.25) is 14.4 Å². The molecule has 31 heavy (non-hydrogen) atoms. The van der Waals surface area contributed by atoms with Crippen molar-refractivity contribution in [3.05, 3.63) is 47.5 Å². The number of fused-ring (bicyclic) bond motifs is 2. The molecule has 0 radical (unpaired) electrons. The highest BCUT2D eigenvalue weighted by molar-refractivity contribution is 6.39. The number of rotatable bonds is 4. The molecule has 3 amide bonds. The number of amides is 3. The molecule has 0 unspecified atom stereocenters. The molecule has 162 valence electrons. The van der Waals surface area contributed by atoms with E-state index >= 15 is 0 Å². The van der Waals surface area contributed by atoms with Crippen LogP contribution in [0.1, 0.15) is 31.4 Å². The van der Waals surface area contributed by atoms with Gasteiger partial charge in [-0.1, -0.05) is 26.0 Å². The molecular formula is C23H25N3O5. The van der Waals surface area contributed by atoms with Gasteiger partial charge in [0.15, 0.2) is 11.5 Å². The van der Waals surface area contributed by atoms with Gasteiger partial charge in [-0.05, 0) is 48.2 Å². The topological polar surface area (TPSA) is 97.0 Å². The maximum atomic E-state index is 12.6. The Balaban J connectivity index is 1.39. The number of nitrogens with zero attached hydrogens (tertiary/aromatic N) is 1. The van der Waals surface area contributed by atoms with Crippen molar-refractivity contribution in [2.24, 2.45) is 5.92 Å². The van der Waals surface area contributed by atoms with Gasteiger partial charge >= 0.3 is 11.8 Å². The molecule has 2 aliphatic heterocycles. The summed E-state index contributed by atoms with van der Waals surface area (Å²) >= 11 is 0. The van der Waals surface area contributed by atoms with Gasteiger partial charge < -0.3 is 25.0 Å². The number of carbonyl (C=O) groups excluding carboxylic acids is 3. The second-order valence-corrected chi connectivity index (χ2v) is 7.92. The first-order valence-corrected chi connectivity index (χ1v) is 10.3. The molecule has 2 heterocycles. The minimum absolute atomic E-state index is 0.0471. The Hall–Kier alpha value is -3.55. The molecule has 0 saturated carbocycles. The van der Waals surface area contributed by atoms with Crippen molar-refractivity contribution >= 4 is 29.1 Å². The molecule has 0 saturated heterocycles. The Morgan fingerprint density at radius 2 is 1.84 bits per heavy atom. The van der Waals surface area contributed by atoms with E-state index in [4.69, 9.17) is 9.47 Å². The van der Waals surface area contributed by atoms with Gasteiger partial charge in [0.25, 0.3) is 0 Å². The second kappa shape index (κ2) is 8.67. The van der Waals surface area contributed by atoms with Gasteiger partial charge in [-0.2, -0.15) is 0 Å². The van der Waals surface area contributed by atoms with Crippen LogP contribution in [0.4, 0.5) is 11.4 Å². The van der Waals surface area contributed by atoms with Crippen LogP contribution >= 0.6 is 0 Å². The lowest BCUT2D eigenvalue weighted by molar-refractivity contribution is -0.136. The Morgan fingerprint density at radius 3 is 2.65 bits per heavy atom. The minimum Gasteiger partial charge on any atom is -0.454 e. The van der Waals surface area contributed by atoms with Gasteiger partial charge in [-0.25, -0.2) is 0 Å². The number of hydrogen-bond acceptors (Lipinski definition) is 5. The third kappa shape index (κ3) is 4.47. The van der Waals surface area contributed by atoms with E-state index < -0.39 is 11.8 Å². The summed E-state index contributed by atoms with van der Waals surface area (Å²) in [6, 6.07) is 10.7. The highest BCUT2D eigenvalue weighted by Crippen LogP contribution is 2.33. The molecule has 8 heteroatoms. The van der Waals surface area contributed by atoms with Crippen molar-refractivity contribution in [1.82, 2.24) is 5.32 Å². The van der Waals surface area contributed by atoms with Crippen molar-refractivity contribution in [1.29, 1.82) is 0 Å². The molecule has 2 aromatic rings. The summed E-state index contributed by atoms with van der Waals surface area (Å²) in [7, 11) is 0. The summed E-state index contributed by atoms with van der Waals surface area (Å²) in [5.41, 5.74) is 3.13. The molecule has 2 aromatic carbocycles. The number of anilines is 2. The zero-order valence-electron chi connectivity index (χ0n) is 17.6. The fraction of sp³-hybridized carbons (Fsp3) is 0.348. The predicted octanol–water partition coefficient (Wildman–Crippen LogP) is 2.61. The fourth-order valence-electron chi connectivity index (χ4n) is 3.69. The van der Waals surface area contributed by atoms with Gasteiger partial charge in [-0.15, -0.1) is 0 Å². The zero-order valence-corrected chi connectivity index (χ0v) is 17.6. The molecule has 0 spiro atoms. The summed E-state index contributed by atoms with van der Waals surface area (Å²) in [4.78, 5) is 38.9. The normalized spacial score (nSPS) is 14.2. The number of benzene rings is 2. The molecule has 0 fully saturated rings. The quantitative estimate of drug-likeness (QED) is 0.737. The smallest absolute Gasteiger partial charge is 0.313 e. The first-order valence-electron chi connectivity index (χ1n) is 10.3. The summed E-state index contributed by atoms with van der Waals surface area (Å²) in [5.74, 6) is -0.309. The summed E-state index contributed by atoms with van der Waals surface area (Å²) in [6.45, 7) is 4.75. The molecular weight excluding hydrogens is 398 g/mol. The molecule has 2 aliphatic rings. The van der Waals surface area contributed by atoms with Crippen molar-refractivity contribution in [3.63, 3.8) is 0 Å². The van der Waals surface area contributed by atoms with Crippen molar-refractivity contribution in [2.75, 3.05) is 23.6 Å². The Kier molecular flexibility index (Phi) is 5.79. The van der Waals surface area contributed by atoms with Gasteiger partial charge in [0, 0.05) is 30.4 Å². The van der Waals surface area contributed by atoms with E-state index in [1.165, 1.54) is 0 Å². The van der Waals surface area contributed by atoms with Crippen LogP contribution < -0.4 is 25.0 Å². The lowest BCUT2D eigenvalue weighted by Crippen LogP contribution is -2.38. The maximum absolute atomic E-state index is 12.6. The highest BCUT2D eigenvalue weighted by atomic mass is 16.7. The number of aryl methyl sites for hydroxylation is 1. The first kappa shape index (κ1) is 20.7. The highest BCUT2D eigenvalue weighted by Gasteiger charge is 2.25. The Bertz CT molecular complexity index is 1030. The van der Waals surface area contributed by atoms with Crippen molar-refractivity contribution < 1.29 is 23.9 Å². The molecule has 0 bridgehead atoms. The SMILES string of the molecule is CC(C)C(=O)N1CCCc2ccc(NC(=O)C(=O)NCc3ccc4c(c3)OCO4)cc21. The van der Waals surface area contributed by atoms with E-state index in [1.807, 2.05) is 19.9 Å². The lowest BCUT2D eigenvalue weighted by atomic mass is 9.99. The molecule has 0 atom stereocenters. The monoisotopic (exact) mass is 423 g/mol. The molecule has 8 nitrogen and oxygen atoms in total. The molecule has 0 aliphatic carbocycles. The summed E-state index contributed by atoms with van der Waals surface area (Å²) in [5, 5.41) is 5.23. The van der Waals surface area contributed by atoms with E-state index in [9.17, 15) is 14.4 Å². The van der Waals surface area contributed by atoms with Crippen LogP contribution in [-0.2, 0) is 27.3 Å². The van der Waals surface area contributed by atoms with E-state index in [0.717, 1.165) is 29.7 Å². The standard InChI is InChI=1S/C23H25N3O5/c1-14(2)23(29)26-9-3-4-16-6-7-17(11-18(16)26)25-22(28)21(27)24-12-15-5-8-19-20(10-15)31-13-30-19/h5-8,10-11,14H,3-4,9,12-13H2,1-2H3,(H,24,27)(H,25,28). The van der Waals surface area contributed by atoms with E-state index in [2.05, 4.69) is 10.6 Å². The average Bonchev–Trinajstić information content (AvgIpc) is 3.24. The molecule has 0 aromatic heterocycles. The Morgan fingerprint density at radius 1 is 1.03 bits per heavy atom. The number of ether oxygens (including phenoxy) is 2. The van der Waals surface area contributed by atoms with Crippen LogP contribution in [0, 0.1) is 5.92 Å². The molecule has 2 N–H and O–H groups in total. The first-order chi connectivity index (χ1) is 14.9. The third-order valence-corrected chi connectivity index (χ3v) is 5.32. The van der Waals surface area contributed by atoms with Crippen LogP contribution in [-0.4, -0.2) is 31.1 Å². The number of hydrogen-bond donors (Lipinski definition) is 2. The summed E-state index contributed by atoms with van der Waals surface area (Å²) in [6.07, 6.45) is 1.78. The fourth-order valence-corrected chi connectivity index (χ4v) is 3.69. The average molecular weight is 423 g/mol. The van der Waals surface area contributed by atoms with E-state index in [-0.39, 0.29) is 25.2 Å². The number of nitrogens with one attached hydrogen (secondary N) is 2. The van der Waals surface area contributed by atoms with Gasteiger partial charge in [0.2, 0.25) is 12.7 Å². The van der Waals surface area contributed by atoms with Gasteiger partial charge in [0.05, 0.1) is 0 Å². The van der Waals surface area contributed by atoms with Crippen LogP contribution in [0.15, 0.2) is 36.4 Å². The van der Waals surface area contributed by atoms with Crippen LogP contribution in [0.25, 0.3) is 0 Å². The number of carbonyl (C=O) groups is 3.